The second-order valence-electron chi connectivity index (χ2n) is 3.20. The standard InChI is InChI=1S/C9H14N2O3/c1-13-4-2-3-11-6-8(5-10)7-14-9(11)12/h8H,2-4,6-7H2,1H3. The Morgan fingerprint density at radius 2 is 2.57 bits per heavy atom. The first-order valence-electron chi connectivity index (χ1n) is 4.58. The van der Waals surface area contributed by atoms with Crippen LogP contribution in [-0.2, 0) is 9.47 Å². The van der Waals surface area contributed by atoms with E-state index >= 15 is 0 Å². The minimum absolute atomic E-state index is 0.199. The van der Waals surface area contributed by atoms with Crippen LogP contribution in [0.3, 0.4) is 0 Å². The van der Waals surface area contributed by atoms with Crippen molar-refractivity contribution in [3.05, 3.63) is 0 Å². The van der Waals surface area contributed by atoms with Crippen molar-refractivity contribution in [2.24, 2.45) is 5.92 Å². The predicted molar refractivity (Wildman–Crippen MR) is 48.5 cm³/mol. The molecule has 5 nitrogen and oxygen atoms in total. The van der Waals surface area contributed by atoms with Crippen molar-refractivity contribution in [1.82, 2.24) is 4.90 Å². The topological polar surface area (TPSA) is 62.6 Å². The molecule has 78 valence electrons. The number of methoxy groups -OCH3 is 1. The Kier molecular flexibility index (Phi) is 4.20. The van der Waals surface area contributed by atoms with Crippen LogP contribution in [-0.4, -0.2) is 44.4 Å². The van der Waals surface area contributed by atoms with Crippen molar-refractivity contribution in [2.75, 3.05) is 33.4 Å². The van der Waals surface area contributed by atoms with E-state index in [0.717, 1.165) is 6.42 Å². The van der Waals surface area contributed by atoms with Gasteiger partial charge in [-0.1, -0.05) is 0 Å². The molecule has 0 aliphatic carbocycles. The minimum Gasteiger partial charge on any atom is -0.448 e. The first-order valence-corrected chi connectivity index (χ1v) is 4.58. The van der Waals surface area contributed by atoms with E-state index in [1.165, 1.54) is 0 Å². The van der Waals surface area contributed by atoms with Gasteiger partial charge in [0.05, 0.1) is 12.0 Å². The molecule has 1 saturated heterocycles. The number of ether oxygens (including phenoxy) is 2. The third kappa shape index (κ3) is 2.89. The first kappa shape index (κ1) is 10.8. The third-order valence-corrected chi connectivity index (χ3v) is 2.07. The predicted octanol–water partition coefficient (Wildman–Crippen LogP) is 0.615. The van der Waals surface area contributed by atoms with E-state index in [4.69, 9.17) is 14.7 Å². The molecule has 0 N–H and O–H groups in total. The molecule has 0 aromatic carbocycles. The molecule has 1 aliphatic heterocycles. The lowest BCUT2D eigenvalue weighted by atomic mass is 10.1. The number of cyclic esters (lactones) is 1. The summed E-state index contributed by atoms with van der Waals surface area (Å²) in [5.41, 5.74) is 0. The number of amides is 1. The summed E-state index contributed by atoms with van der Waals surface area (Å²) in [6.07, 6.45) is 0.441. The molecule has 1 amide bonds. The monoisotopic (exact) mass is 198 g/mol. The number of hydrogen-bond donors (Lipinski definition) is 0. The lowest BCUT2D eigenvalue weighted by molar-refractivity contribution is 0.0529. The summed E-state index contributed by atoms with van der Waals surface area (Å²) in [7, 11) is 1.62. The maximum absolute atomic E-state index is 11.2. The average molecular weight is 198 g/mol. The molecule has 0 spiro atoms. The highest BCUT2D eigenvalue weighted by Crippen LogP contribution is 2.10. The van der Waals surface area contributed by atoms with Crippen LogP contribution in [0.15, 0.2) is 0 Å². The number of nitrogens with zero attached hydrogens (tertiary/aromatic N) is 2. The Bertz CT molecular complexity index is 237. The van der Waals surface area contributed by atoms with Gasteiger partial charge in [-0.15, -0.1) is 0 Å². The Morgan fingerprint density at radius 1 is 1.79 bits per heavy atom. The molecule has 0 radical (unpaired) electrons. The SMILES string of the molecule is COCCCN1CC(C#N)COC1=O. The van der Waals surface area contributed by atoms with Gasteiger partial charge in [0.1, 0.15) is 6.61 Å². The summed E-state index contributed by atoms with van der Waals surface area (Å²) in [6, 6.07) is 2.09. The first-order chi connectivity index (χ1) is 6.77. The van der Waals surface area contributed by atoms with Crippen molar-refractivity contribution in [3.63, 3.8) is 0 Å². The van der Waals surface area contributed by atoms with Gasteiger partial charge in [0.15, 0.2) is 0 Å². The highest BCUT2D eigenvalue weighted by molar-refractivity contribution is 5.68. The molecule has 14 heavy (non-hydrogen) atoms. The number of carbonyl (C=O) groups is 1. The van der Waals surface area contributed by atoms with E-state index < -0.39 is 0 Å². The lowest BCUT2D eigenvalue weighted by Gasteiger charge is -2.28. The van der Waals surface area contributed by atoms with Gasteiger partial charge >= 0.3 is 6.09 Å². The quantitative estimate of drug-likeness (QED) is 0.621. The van der Waals surface area contributed by atoms with Crippen LogP contribution in [0.25, 0.3) is 0 Å². The smallest absolute Gasteiger partial charge is 0.409 e. The largest absolute Gasteiger partial charge is 0.448 e. The Labute approximate surface area is 83.2 Å². The van der Waals surface area contributed by atoms with Crippen molar-refractivity contribution >= 4 is 6.09 Å². The average Bonchev–Trinajstić information content (AvgIpc) is 2.21. The van der Waals surface area contributed by atoms with E-state index in [-0.39, 0.29) is 18.6 Å². The molecular weight excluding hydrogens is 184 g/mol. The van der Waals surface area contributed by atoms with Crippen LogP contribution < -0.4 is 0 Å². The second kappa shape index (κ2) is 5.45. The molecule has 1 rings (SSSR count). The summed E-state index contributed by atoms with van der Waals surface area (Å²) in [6.45, 7) is 1.89. The van der Waals surface area contributed by atoms with Gasteiger partial charge in [0, 0.05) is 26.8 Å². The van der Waals surface area contributed by atoms with Gasteiger partial charge in [-0.3, -0.25) is 0 Å². The molecule has 1 unspecified atom stereocenters. The fourth-order valence-corrected chi connectivity index (χ4v) is 1.32. The number of rotatable bonds is 4. The van der Waals surface area contributed by atoms with Crippen LogP contribution in [0, 0.1) is 17.2 Å². The van der Waals surface area contributed by atoms with E-state index in [1.807, 2.05) is 0 Å². The van der Waals surface area contributed by atoms with Crippen molar-refractivity contribution in [2.45, 2.75) is 6.42 Å². The molecule has 1 atom stereocenters. The summed E-state index contributed by atoms with van der Waals surface area (Å²) < 4.78 is 9.73. The number of carbonyl (C=O) groups excluding carboxylic acids is 1. The van der Waals surface area contributed by atoms with Crippen LogP contribution in [0.2, 0.25) is 0 Å². The zero-order valence-corrected chi connectivity index (χ0v) is 8.23. The second-order valence-corrected chi connectivity index (χ2v) is 3.20. The summed E-state index contributed by atoms with van der Waals surface area (Å²) in [4.78, 5) is 12.8. The molecule has 1 aliphatic rings. The Hall–Kier alpha value is -1.28. The number of hydrogen-bond acceptors (Lipinski definition) is 4. The van der Waals surface area contributed by atoms with Crippen LogP contribution in [0.4, 0.5) is 4.79 Å². The van der Waals surface area contributed by atoms with E-state index in [1.54, 1.807) is 12.0 Å². The fraction of sp³-hybridized carbons (Fsp3) is 0.778. The van der Waals surface area contributed by atoms with Gasteiger partial charge in [-0.25, -0.2) is 4.79 Å². The Morgan fingerprint density at radius 3 is 3.21 bits per heavy atom. The molecule has 1 heterocycles. The van der Waals surface area contributed by atoms with E-state index in [2.05, 4.69) is 6.07 Å². The van der Waals surface area contributed by atoms with Gasteiger partial charge in [-0.05, 0) is 6.42 Å². The maximum Gasteiger partial charge on any atom is 0.409 e. The lowest BCUT2D eigenvalue weighted by Crippen LogP contribution is -2.43. The van der Waals surface area contributed by atoms with Gasteiger partial charge in [-0.2, -0.15) is 5.26 Å². The van der Waals surface area contributed by atoms with Crippen LogP contribution in [0.5, 0.6) is 0 Å². The van der Waals surface area contributed by atoms with Crippen molar-refractivity contribution in [1.29, 1.82) is 5.26 Å². The minimum atomic E-state index is -0.326. The van der Waals surface area contributed by atoms with E-state index in [0.29, 0.717) is 19.7 Å². The van der Waals surface area contributed by atoms with Crippen LogP contribution >= 0.6 is 0 Å². The summed E-state index contributed by atoms with van der Waals surface area (Å²) >= 11 is 0. The fourth-order valence-electron chi connectivity index (χ4n) is 1.32. The molecular formula is C9H14N2O3. The van der Waals surface area contributed by atoms with Crippen molar-refractivity contribution < 1.29 is 14.3 Å². The third-order valence-electron chi connectivity index (χ3n) is 2.07. The van der Waals surface area contributed by atoms with Gasteiger partial charge in [0.25, 0.3) is 0 Å². The zero-order valence-electron chi connectivity index (χ0n) is 8.23. The molecule has 0 bridgehead atoms. The van der Waals surface area contributed by atoms with E-state index in [9.17, 15) is 4.79 Å². The molecule has 0 aromatic rings. The van der Waals surface area contributed by atoms with Gasteiger partial charge in [0.2, 0.25) is 0 Å². The zero-order chi connectivity index (χ0) is 10.4. The van der Waals surface area contributed by atoms with Gasteiger partial charge < -0.3 is 14.4 Å². The summed E-state index contributed by atoms with van der Waals surface area (Å²) in [5, 5.41) is 8.67. The summed E-state index contributed by atoms with van der Waals surface area (Å²) in [5.74, 6) is -0.199. The van der Waals surface area contributed by atoms with Crippen LogP contribution in [0.1, 0.15) is 6.42 Å². The molecule has 1 fully saturated rings. The maximum atomic E-state index is 11.2. The Balaban J connectivity index is 2.33. The molecule has 0 aromatic heterocycles. The molecule has 5 heteroatoms. The number of nitriles is 1. The highest BCUT2D eigenvalue weighted by atomic mass is 16.6. The normalized spacial score (nSPS) is 21.6. The van der Waals surface area contributed by atoms with Crippen molar-refractivity contribution in [3.8, 4) is 6.07 Å². The molecule has 0 saturated carbocycles. The highest BCUT2D eigenvalue weighted by Gasteiger charge is 2.26.